The van der Waals surface area contributed by atoms with E-state index >= 15 is 0 Å². The first-order valence-electron chi connectivity index (χ1n) is 8.12. The summed E-state index contributed by atoms with van der Waals surface area (Å²) in [7, 11) is 0. The highest BCUT2D eigenvalue weighted by molar-refractivity contribution is 7.97. The molecular formula is C21H20N2OS. The first-order chi connectivity index (χ1) is 12.3. The molecule has 0 aliphatic rings. The molecule has 1 atom stereocenters. The summed E-state index contributed by atoms with van der Waals surface area (Å²) < 4.78 is 0. The largest absolute Gasteiger partial charge is 0.340 e. The zero-order valence-corrected chi connectivity index (χ0v) is 14.9. The average Bonchev–Trinajstić information content (AvgIpc) is 2.68. The third-order valence-corrected chi connectivity index (χ3v) is 4.54. The van der Waals surface area contributed by atoms with Crippen molar-refractivity contribution in [1.29, 1.82) is 0 Å². The highest BCUT2D eigenvalue weighted by atomic mass is 32.2. The van der Waals surface area contributed by atoms with Crippen LogP contribution >= 0.6 is 11.8 Å². The van der Waals surface area contributed by atoms with E-state index in [4.69, 9.17) is 0 Å². The number of thioether (sulfide) groups is 1. The lowest BCUT2D eigenvalue weighted by Gasteiger charge is -2.19. The van der Waals surface area contributed by atoms with Crippen molar-refractivity contribution in [3.63, 3.8) is 0 Å². The minimum Gasteiger partial charge on any atom is -0.340 e. The van der Waals surface area contributed by atoms with Gasteiger partial charge in [-0.05, 0) is 41.6 Å². The summed E-state index contributed by atoms with van der Waals surface area (Å²) in [6.07, 6.45) is 3.81. The maximum atomic E-state index is 12.7. The van der Waals surface area contributed by atoms with Crippen LogP contribution in [0.2, 0.25) is 0 Å². The molecule has 25 heavy (non-hydrogen) atoms. The SMILES string of the molecule is CSCc1ccc(C(=O)NC(c2ccccc2)c2ccccn2)cc1. The second-order valence-electron chi connectivity index (χ2n) is 5.70. The Kier molecular flexibility index (Phi) is 5.86. The number of hydrogen-bond acceptors (Lipinski definition) is 3. The zero-order chi connectivity index (χ0) is 17.5. The molecule has 126 valence electrons. The molecule has 0 saturated carbocycles. The predicted octanol–water partition coefficient (Wildman–Crippen LogP) is 4.46. The van der Waals surface area contributed by atoms with E-state index in [9.17, 15) is 4.79 Å². The molecule has 0 spiro atoms. The molecule has 4 heteroatoms. The van der Waals surface area contributed by atoms with Crippen LogP contribution in [0, 0.1) is 0 Å². The minimum absolute atomic E-state index is 0.102. The fourth-order valence-electron chi connectivity index (χ4n) is 2.65. The van der Waals surface area contributed by atoms with Gasteiger partial charge in [0.25, 0.3) is 5.91 Å². The lowest BCUT2D eigenvalue weighted by Crippen LogP contribution is -2.29. The van der Waals surface area contributed by atoms with Gasteiger partial charge in [0.2, 0.25) is 0 Å². The topological polar surface area (TPSA) is 42.0 Å². The molecule has 0 aliphatic carbocycles. The van der Waals surface area contributed by atoms with Crippen LogP contribution in [0.1, 0.15) is 33.2 Å². The van der Waals surface area contributed by atoms with Crippen LogP contribution in [0.3, 0.4) is 0 Å². The van der Waals surface area contributed by atoms with Gasteiger partial charge in [0.1, 0.15) is 0 Å². The summed E-state index contributed by atoms with van der Waals surface area (Å²) in [4.78, 5) is 17.1. The number of nitrogens with one attached hydrogen (secondary N) is 1. The Morgan fingerprint density at radius 3 is 2.36 bits per heavy atom. The second kappa shape index (κ2) is 8.49. The zero-order valence-electron chi connectivity index (χ0n) is 14.1. The summed E-state index contributed by atoms with van der Waals surface area (Å²) in [5.41, 5.74) is 3.70. The Bertz CT molecular complexity index is 765. The van der Waals surface area contributed by atoms with E-state index < -0.39 is 0 Å². The molecule has 0 aliphatic heterocycles. The highest BCUT2D eigenvalue weighted by Crippen LogP contribution is 2.21. The van der Waals surface area contributed by atoms with E-state index in [0.717, 1.165) is 17.0 Å². The third kappa shape index (κ3) is 4.48. The van der Waals surface area contributed by atoms with Gasteiger partial charge in [-0.2, -0.15) is 11.8 Å². The van der Waals surface area contributed by atoms with Crippen molar-refractivity contribution in [2.75, 3.05) is 6.26 Å². The lowest BCUT2D eigenvalue weighted by atomic mass is 10.0. The fourth-order valence-corrected chi connectivity index (χ4v) is 3.18. The van der Waals surface area contributed by atoms with Gasteiger partial charge in [-0.3, -0.25) is 9.78 Å². The Hall–Kier alpha value is -2.59. The van der Waals surface area contributed by atoms with Gasteiger partial charge in [0.05, 0.1) is 11.7 Å². The van der Waals surface area contributed by atoms with E-state index in [1.165, 1.54) is 5.56 Å². The Balaban J connectivity index is 1.84. The molecule has 0 bridgehead atoms. The van der Waals surface area contributed by atoms with Crippen LogP contribution in [-0.4, -0.2) is 17.1 Å². The van der Waals surface area contributed by atoms with Crippen molar-refractivity contribution < 1.29 is 4.79 Å². The fraction of sp³-hybridized carbons (Fsp3) is 0.143. The number of pyridine rings is 1. The molecule has 1 aromatic heterocycles. The summed E-state index contributed by atoms with van der Waals surface area (Å²) in [5, 5.41) is 3.11. The quantitative estimate of drug-likeness (QED) is 0.715. The van der Waals surface area contributed by atoms with Crippen LogP contribution < -0.4 is 5.32 Å². The second-order valence-corrected chi connectivity index (χ2v) is 6.57. The van der Waals surface area contributed by atoms with Crippen molar-refractivity contribution >= 4 is 17.7 Å². The number of hydrogen-bond donors (Lipinski definition) is 1. The van der Waals surface area contributed by atoms with Crippen LogP contribution in [0.4, 0.5) is 0 Å². The van der Waals surface area contributed by atoms with Crippen molar-refractivity contribution in [3.8, 4) is 0 Å². The predicted molar refractivity (Wildman–Crippen MR) is 104 cm³/mol. The summed E-state index contributed by atoms with van der Waals surface area (Å²) in [6.45, 7) is 0. The standard InChI is InChI=1S/C21H20N2OS/c1-25-15-16-10-12-18(13-11-16)21(24)23-20(17-7-3-2-4-8-17)19-9-5-6-14-22-19/h2-14,20H,15H2,1H3,(H,23,24). The highest BCUT2D eigenvalue weighted by Gasteiger charge is 2.18. The van der Waals surface area contributed by atoms with Gasteiger partial charge in [-0.15, -0.1) is 0 Å². The summed E-state index contributed by atoms with van der Waals surface area (Å²) in [5.74, 6) is 0.845. The minimum atomic E-state index is -0.277. The van der Waals surface area contributed by atoms with Crippen LogP contribution in [-0.2, 0) is 5.75 Å². The molecule has 1 unspecified atom stereocenters. The number of rotatable bonds is 6. The normalized spacial score (nSPS) is 11.7. The molecule has 3 aromatic rings. The molecule has 0 fully saturated rings. The molecule has 0 radical (unpaired) electrons. The van der Waals surface area contributed by atoms with Crippen molar-refractivity contribution in [2.24, 2.45) is 0 Å². The van der Waals surface area contributed by atoms with Crippen LogP contribution in [0.5, 0.6) is 0 Å². The van der Waals surface area contributed by atoms with E-state index in [1.54, 1.807) is 18.0 Å². The Morgan fingerprint density at radius 1 is 1.00 bits per heavy atom. The summed E-state index contributed by atoms with van der Waals surface area (Å²) >= 11 is 1.77. The maximum absolute atomic E-state index is 12.7. The number of nitrogens with zero attached hydrogens (tertiary/aromatic N) is 1. The van der Waals surface area contributed by atoms with E-state index in [0.29, 0.717) is 5.56 Å². The Morgan fingerprint density at radius 2 is 1.72 bits per heavy atom. The van der Waals surface area contributed by atoms with E-state index in [2.05, 4.69) is 16.6 Å². The molecule has 0 saturated heterocycles. The Labute approximate surface area is 152 Å². The van der Waals surface area contributed by atoms with E-state index in [-0.39, 0.29) is 11.9 Å². The molecule has 1 heterocycles. The van der Waals surface area contributed by atoms with Crippen molar-refractivity contribution in [2.45, 2.75) is 11.8 Å². The number of aromatic nitrogens is 1. The van der Waals surface area contributed by atoms with Gasteiger partial charge in [-0.1, -0.05) is 48.5 Å². The first-order valence-corrected chi connectivity index (χ1v) is 9.52. The molecule has 1 amide bonds. The smallest absolute Gasteiger partial charge is 0.252 e. The van der Waals surface area contributed by atoms with Gasteiger partial charge in [0, 0.05) is 17.5 Å². The van der Waals surface area contributed by atoms with Crippen LogP contribution in [0.15, 0.2) is 79.0 Å². The lowest BCUT2D eigenvalue weighted by molar-refractivity contribution is 0.0942. The average molecular weight is 348 g/mol. The molecule has 2 aromatic carbocycles. The molecular weight excluding hydrogens is 328 g/mol. The molecule has 3 rings (SSSR count). The third-order valence-electron chi connectivity index (χ3n) is 3.92. The maximum Gasteiger partial charge on any atom is 0.252 e. The molecule has 1 N–H and O–H groups in total. The van der Waals surface area contributed by atoms with E-state index in [1.807, 2.05) is 72.8 Å². The first kappa shape index (κ1) is 17.2. The summed E-state index contributed by atoms with van der Waals surface area (Å²) in [6, 6.07) is 23.1. The molecule has 3 nitrogen and oxygen atoms in total. The number of amides is 1. The van der Waals surface area contributed by atoms with Crippen LogP contribution in [0.25, 0.3) is 0 Å². The van der Waals surface area contributed by atoms with Crippen molar-refractivity contribution in [1.82, 2.24) is 10.3 Å². The van der Waals surface area contributed by atoms with Gasteiger partial charge in [-0.25, -0.2) is 0 Å². The van der Waals surface area contributed by atoms with Crippen molar-refractivity contribution in [3.05, 3.63) is 101 Å². The number of carbonyl (C=O) groups is 1. The number of benzene rings is 2. The number of carbonyl (C=O) groups excluding carboxylic acids is 1. The monoisotopic (exact) mass is 348 g/mol. The van der Waals surface area contributed by atoms with Gasteiger partial charge in [0.15, 0.2) is 0 Å². The van der Waals surface area contributed by atoms with Gasteiger partial charge < -0.3 is 5.32 Å². The van der Waals surface area contributed by atoms with Gasteiger partial charge >= 0.3 is 0 Å².